The summed E-state index contributed by atoms with van der Waals surface area (Å²) < 4.78 is 10.4. The molecule has 0 unspecified atom stereocenters. The van der Waals surface area contributed by atoms with Crippen molar-refractivity contribution >= 4 is 29.3 Å². The van der Waals surface area contributed by atoms with Gasteiger partial charge in [0.25, 0.3) is 0 Å². The van der Waals surface area contributed by atoms with Crippen LogP contribution in [-0.4, -0.2) is 26.0 Å². The van der Waals surface area contributed by atoms with Gasteiger partial charge in [0.05, 0.1) is 14.2 Å². The van der Waals surface area contributed by atoms with Crippen LogP contribution in [-0.2, 0) is 9.59 Å². The molecule has 2 rings (SSSR count). The Balaban J connectivity index is 1.95. The molecule has 0 radical (unpaired) electrons. The molecule has 0 aliphatic rings. The number of anilines is 2. The molecule has 0 heterocycles. The highest BCUT2D eigenvalue weighted by Crippen LogP contribution is 2.28. The van der Waals surface area contributed by atoms with Crippen molar-refractivity contribution in [1.29, 1.82) is 0 Å². The molecule has 0 saturated heterocycles. The summed E-state index contributed by atoms with van der Waals surface area (Å²) in [6, 6.07) is 12.4. The predicted molar refractivity (Wildman–Crippen MR) is 107 cm³/mol. The topological polar surface area (TPSA) is 76.7 Å². The normalized spacial score (nSPS) is 10.5. The number of amides is 2. The predicted octanol–water partition coefficient (Wildman–Crippen LogP) is 4.09. The minimum absolute atomic E-state index is 0.0212. The van der Waals surface area contributed by atoms with E-state index in [1.165, 1.54) is 6.08 Å². The molecule has 6 heteroatoms. The Labute approximate surface area is 159 Å². The molecule has 2 amide bonds. The van der Waals surface area contributed by atoms with Crippen LogP contribution in [0.3, 0.4) is 0 Å². The third kappa shape index (κ3) is 6.18. The summed E-state index contributed by atoms with van der Waals surface area (Å²) in [4.78, 5) is 23.7. The lowest BCUT2D eigenvalue weighted by Crippen LogP contribution is -2.11. The Morgan fingerprint density at radius 2 is 1.56 bits per heavy atom. The van der Waals surface area contributed by atoms with Gasteiger partial charge < -0.3 is 20.1 Å². The number of carbonyl (C=O) groups excluding carboxylic acids is 2. The number of nitrogens with one attached hydrogen (secondary N) is 2. The highest BCUT2D eigenvalue weighted by Gasteiger charge is 2.04. The summed E-state index contributed by atoms with van der Waals surface area (Å²) in [7, 11) is 3.13. The van der Waals surface area contributed by atoms with Crippen LogP contribution < -0.4 is 20.1 Å². The van der Waals surface area contributed by atoms with Gasteiger partial charge in [-0.1, -0.05) is 13.0 Å². The molecule has 0 aromatic heterocycles. The summed E-state index contributed by atoms with van der Waals surface area (Å²) in [6.45, 7) is 1.95. The minimum atomic E-state index is -0.257. The van der Waals surface area contributed by atoms with E-state index in [1.54, 1.807) is 56.7 Å². The van der Waals surface area contributed by atoms with Crippen molar-refractivity contribution in [2.24, 2.45) is 0 Å². The Hall–Kier alpha value is -3.28. The van der Waals surface area contributed by atoms with E-state index in [4.69, 9.17) is 9.47 Å². The standard InChI is InChI=1S/C21H24N2O4/c1-4-5-20(24)22-16-8-10-17(11-9-16)23-21(25)13-7-15-6-12-18(26-2)19(14-15)27-3/h6-14H,4-5H2,1-3H3,(H,22,24)(H,23,25)/b13-7+. The van der Waals surface area contributed by atoms with E-state index >= 15 is 0 Å². The summed E-state index contributed by atoms with van der Waals surface area (Å²) in [5.74, 6) is 0.950. The lowest BCUT2D eigenvalue weighted by Gasteiger charge is -2.08. The zero-order valence-corrected chi connectivity index (χ0v) is 15.7. The van der Waals surface area contributed by atoms with Gasteiger partial charge in [-0.15, -0.1) is 0 Å². The first-order chi connectivity index (χ1) is 13.0. The van der Waals surface area contributed by atoms with Crippen molar-refractivity contribution in [1.82, 2.24) is 0 Å². The van der Waals surface area contributed by atoms with Gasteiger partial charge in [0.2, 0.25) is 11.8 Å². The molecule has 0 saturated carbocycles. The SMILES string of the molecule is CCCC(=O)Nc1ccc(NC(=O)/C=C/c2ccc(OC)c(OC)c2)cc1. The zero-order chi connectivity index (χ0) is 19.6. The third-order valence-corrected chi connectivity index (χ3v) is 3.75. The van der Waals surface area contributed by atoms with Gasteiger partial charge >= 0.3 is 0 Å². The van der Waals surface area contributed by atoms with E-state index in [9.17, 15) is 9.59 Å². The lowest BCUT2D eigenvalue weighted by atomic mass is 10.2. The molecule has 0 aliphatic carbocycles. The van der Waals surface area contributed by atoms with E-state index in [1.807, 2.05) is 13.0 Å². The van der Waals surface area contributed by atoms with Gasteiger partial charge in [0.1, 0.15) is 0 Å². The third-order valence-electron chi connectivity index (χ3n) is 3.75. The Morgan fingerprint density at radius 3 is 2.15 bits per heavy atom. The molecular weight excluding hydrogens is 344 g/mol. The average Bonchev–Trinajstić information content (AvgIpc) is 2.67. The minimum Gasteiger partial charge on any atom is -0.493 e. The maximum Gasteiger partial charge on any atom is 0.248 e. The summed E-state index contributed by atoms with van der Waals surface area (Å²) in [5, 5.41) is 5.58. The molecule has 2 aromatic rings. The molecule has 0 fully saturated rings. The first-order valence-electron chi connectivity index (χ1n) is 8.66. The van der Waals surface area contributed by atoms with Crippen molar-refractivity contribution in [3.8, 4) is 11.5 Å². The highest BCUT2D eigenvalue weighted by molar-refractivity contribution is 6.02. The van der Waals surface area contributed by atoms with Crippen molar-refractivity contribution < 1.29 is 19.1 Å². The van der Waals surface area contributed by atoms with Crippen LogP contribution in [0.25, 0.3) is 6.08 Å². The second-order valence-electron chi connectivity index (χ2n) is 5.81. The Morgan fingerprint density at radius 1 is 0.926 bits per heavy atom. The van der Waals surface area contributed by atoms with Crippen LogP contribution in [0.5, 0.6) is 11.5 Å². The second kappa shape index (κ2) is 10.0. The van der Waals surface area contributed by atoms with Gasteiger partial charge in [0, 0.05) is 23.9 Å². The quantitative estimate of drug-likeness (QED) is 0.688. The van der Waals surface area contributed by atoms with Gasteiger partial charge in [-0.05, 0) is 54.5 Å². The van der Waals surface area contributed by atoms with Crippen molar-refractivity contribution in [3.63, 3.8) is 0 Å². The molecule has 0 aliphatic heterocycles. The first kappa shape index (κ1) is 20.0. The van der Waals surface area contributed by atoms with E-state index in [0.29, 0.717) is 29.3 Å². The number of hydrogen-bond donors (Lipinski definition) is 2. The fourth-order valence-corrected chi connectivity index (χ4v) is 2.40. The number of benzene rings is 2. The molecular formula is C21H24N2O4. The fourth-order valence-electron chi connectivity index (χ4n) is 2.40. The molecule has 142 valence electrons. The summed E-state index contributed by atoms with van der Waals surface area (Å²) in [5.41, 5.74) is 2.16. The second-order valence-corrected chi connectivity index (χ2v) is 5.81. The van der Waals surface area contributed by atoms with E-state index < -0.39 is 0 Å². The van der Waals surface area contributed by atoms with Gasteiger partial charge in [-0.3, -0.25) is 9.59 Å². The smallest absolute Gasteiger partial charge is 0.248 e. The van der Waals surface area contributed by atoms with Crippen molar-refractivity contribution in [2.75, 3.05) is 24.9 Å². The first-order valence-corrected chi connectivity index (χ1v) is 8.66. The number of methoxy groups -OCH3 is 2. The van der Waals surface area contributed by atoms with Crippen LogP contribution in [0, 0.1) is 0 Å². The van der Waals surface area contributed by atoms with Gasteiger partial charge in [-0.2, -0.15) is 0 Å². The number of hydrogen-bond acceptors (Lipinski definition) is 4. The monoisotopic (exact) mass is 368 g/mol. The number of carbonyl (C=O) groups is 2. The van der Waals surface area contributed by atoms with Gasteiger partial charge in [0.15, 0.2) is 11.5 Å². The van der Waals surface area contributed by atoms with Crippen molar-refractivity contribution in [3.05, 3.63) is 54.1 Å². The Bertz CT molecular complexity index is 813. The molecule has 2 aromatic carbocycles. The molecule has 0 spiro atoms. The van der Waals surface area contributed by atoms with Crippen LogP contribution >= 0.6 is 0 Å². The van der Waals surface area contributed by atoms with Crippen LogP contribution in [0.15, 0.2) is 48.5 Å². The maximum atomic E-state index is 12.1. The molecule has 0 bridgehead atoms. The zero-order valence-electron chi connectivity index (χ0n) is 15.7. The lowest BCUT2D eigenvalue weighted by molar-refractivity contribution is -0.116. The fraction of sp³-hybridized carbons (Fsp3) is 0.238. The van der Waals surface area contributed by atoms with E-state index in [0.717, 1.165) is 12.0 Å². The van der Waals surface area contributed by atoms with E-state index in [-0.39, 0.29) is 11.8 Å². The number of ether oxygens (including phenoxy) is 2. The number of rotatable bonds is 8. The highest BCUT2D eigenvalue weighted by atomic mass is 16.5. The summed E-state index contributed by atoms with van der Waals surface area (Å²) in [6.07, 6.45) is 4.42. The average molecular weight is 368 g/mol. The molecule has 27 heavy (non-hydrogen) atoms. The molecule has 0 atom stereocenters. The van der Waals surface area contributed by atoms with Crippen LogP contribution in [0.1, 0.15) is 25.3 Å². The largest absolute Gasteiger partial charge is 0.493 e. The summed E-state index contributed by atoms with van der Waals surface area (Å²) >= 11 is 0. The van der Waals surface area contributed by atoms with E-state index in [2.05, 4.69) is 10.6 Å². The molecule has 2 N–H and O–H groups in total. The van der Waals surface area contributed by atoms with Crippen molar-refractivity contribution in [2.45, 2.75) is 19.8 Å². The maximum absolute atomic E-state index is 12.1. The van der Waals surface area contributed by atoms with Gasteiger partial charge in [-0.25, -0.2) is 0 Å². The van der Waals surface area contributed by atoms with Crippen LogP contribution in [0.4, 0.5) is 11.4 Å². The Kier molecular flexibility index (Phi) is 7.43. The molecule has 6 nitrogen and oxygen atoms in total. The van der Waals surface area contributed by atoms with Crippen LogP contribution in [0.2, 0.25) is 0 Å².